The summed E-state index contributed by atoms with van der Waals surface area (Å²) in [5.41, 5.74) is 0. The first-order valence-electron chi connectivity index (χ1n) is 4.88. The van der Waals surface area contributed by atoms with Gasteiger partial charge in [-0.1, -0.05) is 52.4 Å². The second-order valence-electron chi connectivity index (χ2n) is 4.18. The predicted molar refractivity (Wildman–Crippen MR) is 66.7 cm³/mol. The SMILES string of the molecule is C[Si](C)(CCCBr)c1ccc(F)cc1. The van der Waals surface area contributed by atoms with Crippen molar-refractivity contribution in [3.8, 4) is 0 Å². The third kappa shape index (κ3) is 3.21. The highest BCUT2D eigenvalue weighted by atomic mass is 79.9. The molecule has 0 saturated heterocycles. The fraction of sp³-hybridized carbons (Fsp3) is 0.455. The topological polar surface area (TPSA) is 0 Å². The molecule has 0 amide bonds. The number of rotatable bonds is 4. The Labute approximate surface area is 94.7 Å². The zero-order chi connectivity index (χ0) is 10.6. The Morgan fingerprint density at radius 2 is 1.79 bits per heavy atom. The van der Waals surface area contributed by atoms with Crippen LogP contribution in [0.2, 0.25) is 19.1 Å². The van der Waals surface area contributed by atoms with Crippen LogP contribution in [0.1, 0.15) is 6.42 Å². The minimum Gasteiger partial charge on any atom is -0.207 e. The van der Waals surface area contributed by atoms with Gasteiger partial charge in [-0.05, 0) is 18.6 Å². The summed E-state index contributed by atoms with van der Waals surface area (Å²) in [6.07, 6.45) is 1.20. The maximum absolute atomic E-state index is 12.7. The van der Waals surface area contributed by atoms with E-state index in [1.165, 1.54) is 17.7 Å². The summed E-state index contributed by atoms with van der Waals surface area (Å²) in [5, 5.41) is 2.41. The molecule has 1 aromatic carbocycles. The van der Waals surface area contributed by atoms with Crippen molar-refractivity contribution in [3.05, 3.63) is 30.1 Å². The highest BCUT2D eigenvalue weighted by molar-refractivity contribution is 9.09. The lowest BCUT2D eigenvalue weighted by Crippen LogP contribution is -2.41. The molecular weight excluding hydrogens is 259 g/mol. The predicted octanol–water partition coefficient (Wildman–Crippen LogP) is 3.53. The van der Waals surface area contributed by atoms with Crippen molar-refractivity contribution < 1.29 is 4.39 Å². The molecule has 0 saturated carbocycles. The average Bonchev–Trinajstić information content (AvgIpc) is 2.16. The van der Waals surface area contributed by atoms with E-state index in [1.807, 2.05) is 12.1 Å². The van der Waals surface area contributed by atoms with Crippen molar-refractivity contribution in [2.24, 2.45) is 0 Å². The first-order valence-corrected chi connectivity index (χ1v) is 9.21. The Balaban J connectivity index is 2.75. The summed E-state index contributed by atoms with van der Waals surface area (Å²) >= 11 is 3.45. The van der Waals surface area contributed by atoms with Crippen LogP contribution in [0.3, 0.4) is 0 Å². The first-order chi connectivity index (χ1) is 6.56. The van der Waals surface area contributed by atoms with Crippen LogP contribution in [0.15, 0.2) is 24.3 Å². The molecule has 0 aromatic heterocycles. The van der Waals surface area contributed by atoms with Gasteiger partial charge < -0.3 is 0 Å². The minimum absolute atomic E-state index is 0.140. The highest BCUT2D eigenvalue weighted by Gasteiger charge is 2.22. The van der Waals surface area contributed by atoms with E-state index in [-0.39, 0.29) is 5.82 Å². The second-order valence-corrected chi connectivity index (χ2v) is 9.82. The number of hydrogen-bond donors (Lipinski definition) is 0. The molecular formula is C11H16BrFSi. The fourth-order valence-corrected chi connectivity index (χ4v) is 4.77. The van der Waals surface area contributed by atoms with E-state index >= 15 is 0 Å². The lowest BCUT2D eigenvalue weighted by atomic mass is 10.3. The van der Waals surface area contributed by atoms with E-state index in [9.17, 15) is 4.39 Å². The number of hydrogen-bond acceptors (Lipinski definition) is 0. The third-order valence-electron chi connectivity index (χ3n) is 2.56. The number of benzene rings is 1. The van der Waals surface area contributed by atoms with Gasteiger partial charge in [0.15, 0.2) is 0 Å². The van der Waals surface area contributed by atoms with E-state index in [4.69, 9.17) is 0 Å². The summed E-state index contributed by atoms with van der Waals surface area (Å²) in [4.78, 5) is 0. The van der Waals surface area contributed by atoms with Crippen LogP contribution < -0.4 is 5.19 Å². The van der Waals surface area contributed by atoms with Crippen LogP contribution in [0.5, 0.6) is 0 Å². The van der Waals surface area contributed by atoms with E-state index in [0.29, 0.717) is 0 Å². The van der Waals surface area contributed by atoms with Crippen molar-refractivity contribution in [1.82, 2.24) is 0 Å². The number of halogens is 2. The standard InChI is InChI=1S/C11H16BrFSi/c1-14(2,9-3-8-12)11-6-4-10(13)5-7-11/h4-7H,3,8-9H2,1-2H3. The van der Waals surface area contributed by atoms with Crippen LogP contribution in [0.25, 0.3) is 0 Å². The minimum atomic E-state index is -1.32. The van der Waals surface area contributed by atoms with Gasteiger partial charge in [0.05, 0.1) is 8.07 Å². The van der Waals surface area contributed by atoms with Gasteiger partial charge in [-0.25, -0.2) is 4.39 Å². The van der Waals surface area contributed by atoms with Crippen LogP contribution in [0.4, 0.5) is 4.39 Å². The second kappa shape index (κ2) is 5.08. The largest absolute Gasteiger partial charge is 0.207 e. The molecule has 1 aromatic rings. The molecule has 0 fully saturated rings. The van der Waals surface area contributed by atoms with Gasteiger partial charge in [-0.15, -0.1) is 0 Å². The van der Waals surface area contributed by atoms with Crippen molar-refractivity contribution in [1.29, 1.82) is 0 Å². The Kier molecular flexibility index (Phi) is 4.32. The Hall–Kier alpha value is -0.153. The monoisotopic (exact) mass is 274 g/mol. The molecule has 0 aliphatic carbocycles. The molecule has 0 N–H and O–H groups in total. The van der Waals surface area contributed by atoms with Crippen LogP contribution in [-0.4, -0.2) is 13.4 Å². The maximum Gasteiger partial charge on any atom is 0.123 e. The van der Waals surface area contributed by atoms with E-state index < -0.39 is 8.07 Å². The first kappa shape index (κ1) is 11.9. The Bertz CT molecular complexity index is 282. The molecule has 0 aliphatic rings. The third-order valence-corrected chi connectivity index (χ3v) is 6.62. The zero-order valence-corrected chi connectivity index (χ0v) is 11.3. The van der Waals surface area contributed by atoms with Crippen LogP contribution >= 0.6 is 15.9 Å². The van der Waals surface area contributed by atoms with Gasteiger partial charge in [0.25, 0.3) is 0 Å². The van der Waals surface area contributed by atoms with Crippen molar-refractivity contribution in [3.63, 3.8) is 0 Å². The van der Waals surface area contributed by atoms with Gasteiger partial charge in [0, 0.05) is 5.33 Å². The Morgan fingerprint density at radius 3 is 2.29 bits per heavy atom. The zero-order valence-electron chi connectivity index (χ0n) is 8.69. The van der Waals surface area contributed by atoms with E-state index in [0.717, 1.165) is 5.33 Å². The molecule has 0 spiro atoms. The maximum atomic E-state index is 12.7. The van der Waals surface area contributed by atoms with E-state index in [1.54, 1.807) is 12.1 Å². The molecule has 3 heteroatoms. The van der Waals surface area contributed by atoms with Gasteiger partial charge in [0.2, 0.25) is 0 Å². The molecule has 1 rings (SSSR count). The molecule has 0 radical (unpaired) electrons. The molecule has 14 heavy (non-hydrogen) atoms. The molecule has 0 nitrogen and oxygen atoms in total. The van der Waals surface area contributed by atoms with Gasteiger partial charge in [-0.2, -0.15) is 0 Å². The summed E-state index contributed by atoms with van der Waals surface area (Å²) in [7, 11) is -1.32. The lowest BCUT2D eigenvalue weighted by Gasteiger charge is -2.22. The summed E-state index contributed by atoms with van der Waals surface area (Å²) in [6, 6.07) is 8.27. The van der Waals surface area contributed by atoms with E-state index in [2.05, 4.69) is 29.0 Å². The van der Waals surface area contributed by atoms with Crippen molar-refractivity contribution in [2.45, 2.75) is 25.6 Å². The lowest BCUT2D eigenvalue weighted by molar-refractivity contribution is 0.628. The van der Waals surface area contributed by atoms with Gasteiger partial charge in [0.1, 0.15) is 5.82 Å². The number of alkyl halides is 1. The van der Waals surface area contributed by atoms with Crippen molar-refractivity contribution in [2.75, 3.05) is 5.33 Å². The smallest absolute Gasteiger partial charge is 0.123 e. The van der Waals surface area contributed by atoms with Gasteiger partial charge >= 0.3 is 0 Å². The summed E-state index contributed by atoms with van der Waals surface area (Å²) in [6.45, 7) is 4.67. The summed E-state index contributed by atoms with van der Waals surface area (Å²) < 4.78 is 12.7. The quantitative estimate of drug-likeness (QED) is 0.582. The molecule has 0 bridgehead atoms. The normalized spacial score (nSPS) is 11.7. The molecule has 0 unspecified atom stereocenters. The van der Waals surface area contributed by atoms with Crippen molar-refractivity contribution >= 4 is 29.2 Å². The molecule has 0 heterocycles. The average molecular weight is 275 g/mol. The molecule has 0 aliphatic heterocycles. The fourth-order valence-electron chi connectivity index (χ4n) is 1.55. The molecule has 0 atom stereocenters. The van der Waals surface area contributed by atoms with Crippen LogP contribution in [0, 0.1) is 5.82 Å². The Morgan fingerprint density at radius 1 is 1.21 bits per heavy atom. The van der Waals surface area contributed by atoms with Crippen LogP contribution in [-0.2, 0) is 0 Å². The highest BCUT2D eigenvalue weighted by Crippen LogP contribution is 2.13. The summed E-state index contributed by atoms with van der Waals surface area (Å²) in [5.74, 6) is -0.140. The van der Waals surface area contributed by atoms with Gasteiger partial charge in [-0.3, -0.25) is 0 Å². The molecule has 78 valence electrons.